The number of hydrogen-bond acceptors (Lipinski definition) is 6. The summed E-state index contributed by atoms with van der Waals surface area (Å²) in [6.45, 7) is 0. The molecule has 0 aliphatic heterocycles. The molecule has 0 saturated carbocycles. The van der Waals surface area contributed by atoms with E-state index in [1.54, 1.807) is 36.4 Å². The second-order valence-electron chi connectivity index (χ2n) is 9.35. The first-order chi connectivity index (χ1) is 20.7. The number of nitrogens with one attached hydrogen (secondary N) is 2. The van der Waals surface area contributed by atoms with Gasteiger partial charge in [0, 0.05) is 21.9 Å². The highest BCUT2D eigenvalue weighted by Crippen LogP contribution is 2.27. The molecule has 8 heteroatoms. The summed E-state index contributed by atoms with van der Waals surface area (Å²) in [7, 11) is 0. The average molecular weight is 549 g/mol. The molecule has 0 bridgehead atoms. The number of aromatic nitrogens is 2. The van der Waals surface area contributed by atoms with E-state index in [2.05, 4.69) is 31.0 Å². The van der Waals surface area contributed by atoms with Gasteiger partial charge in [0.15, 0.2) is 0 Å². The van der Waals surface area contributed by atoms with Gasteiger partial charge in [-0.25, -0.2) is 20.8 Å². The fourth-order valence-corrected chi connectivity index (χ4v) is 4.57. The summed E-state index contributed by atoms with van der Waals surface area (Å²) in [4.78, 5) is 35.4. The van der Waals surface area contributed by atoms with Crippen molar-refractivity contribution in [2.24, 2.45) is 10.2 Å². The predicted molar refractivity (Wildman–Crippen MR) is 165 cm³/mol. The quantitative estimate of drug-likeness (QED) is 0.189. The van der Waals surface area contributed by atoms with Gasteiger partial charge < -0.3 is 0 Å². The minimum Gasteiger partial charge on any atom is -0.267 e. The van der Waals surface area contributed by atoms with Crippen LogP contribution in [0.4, 0.5) is 0 Å². The van der Waals surface area contributed by atoms with E-state index < -0.39 is 11.8 Å². The monoisotopic (exact) mass is 548 g/mol. The van der Waals surface area contributed by atoms with Crippen LogP contribution in [0.2, 0.25) is 0 Å². The normalized spacial score (nSPS) is 11.3. The minimum absolute atomic E-state index is 0.366. The van der Waals surface area contributed by atoms with Crippen LogP contribution < -0.4 is 10.9 Å². The van der Waals surface area contributed by atoms with Crippen LogP contribution in [0.5, 0.6) is 0 Å². The molecular weight excluding hydrogens is 524 g/mol. The first kappa shape index (κ1) is 26.2. The molecule has 6 aromatic rings. The topological polar surface area (TPSA) is 109 Å². The Morgan fingerprint density at radius 1 is 0.500 bits per heavy atom. The van der Waals surface area contributed by atoms with Crippen LogP contribution in [0.1, 0.15) is 32.1 Å². The average Bonchev–Trinajstić information content (AvgIpc) is 3.04. The van der Waals surface area contributed by atoms with Crippen molar-refractivity contribution in [1.29, 1.82) is 0 Å². The molecule has 0 atom stereocenters. The maximum atomic E-state index is 13.2. The molecule has 0 radical (unpaired) electrons. The van der Waals surface area contributed by atoms with E-state index in [4.69, 9.17) is 0 Å². The zero-order chi connectivity index (χ0) is 28.7. The summed E-state index contributed by atoms with van der Waals surface area (Å²) in [5, 5.41) is 10.3. The van der Waals surface area contributed by atoms with Crippen LogP contribution in [-0.4, -0.2) is 34.2 Å². The molecule has 42 heavy (non-hydrogen) atoms. The SMILES string of the molecule is O=C(N/N=C/c1ccc2ccccc2n1)c1ccccc1-c1ccccc1C(=O)N/N=C/c1ccc2ccccc2n1. The fraction of sp³-hybridized carbons (Fsp3) is 0. The van der Waals surface area contributed by atoms with Gasteiger partial charge in [0.1, 0.15) is 0 Å². The Kier molecular flexibility index (Phi) is 7.50. The smallest absolute Gasteiger partial charge is 0.267 e. The predicted octanol–water partition coefficient (Wildman–Crippen LogP) is 5.98. The van der Waals surface area contributed by atoms with E-state index in [1.807, 2.05) is 84.9 Å². The standard InChI is InChI=1S/C34H24N6O2/c41-33(39-35-21-25-19-17-23-9-1-7-15-31(23)37-25)29-13-5-3-11-27(29)28-12-4-6-14-30(28)34(42)40-36-22-26-20-18-24-10-2-8-16-32(24)38-26/h1-22H,(H,39,41)(H,40,42)/b35-21+,36-22+. The van der Waals surface area contributed by atoms with Gasteiger partial charge in [-0.2, -0.15) is 10.2 Å². The molecule has 202 valence electrons. The fourth-order valence-electron chi connectivity index (χ4n) is 4.57. The Morgan fingerprint density at radius 3 is 1.38 bits per heavy atom. The van der Waals surface area contributed by atoms with E-state index >= 15 is 0 Å². The first-order valence-electron chi connectivity index (χ1n) is 13.2. The molecule has 2 heterocycles. The number of nitrogens with zero attached hydrogens (tertiary/aromatic N) is 4. The molecule has 0 aliphatic carbocycles. The molecule has 2 N–H and O–H groups in total. The lowest BCUT2D eigenvalue weighted by atomic mass is 9.95. The molecule has 4 aromatic carbocycles. The third-order valence-electron chi connectivity index (χ3n) is 6.60. The number of rotatable bonds is 7. The molecule has 0 spiro atoms. The number of fused-ring (bicyclic) bond motifs is 2. The summed E-state index contributed by atoms with van der Waals surface area (Å²) in [5.41, 5.74) is 9.96. The van der Waals surface area contributed by atoms with E-state index in [9.17, 15) is 9.59 Å². The highest BCUT2D eigenvalue weighted by atomic mass is 16.2. The molecule has 0 aliphatic rings. The summed E-state index contributed by atoms with van der Waals surface area (Å²) < 4.78 is 0. The van der Waals surface area contributed by atoms with Crippen molar-refractivity contribution in [3.8, 4) is 11.1 Å². The number of carbonyl (C=O) groups is 2. The van der Waals surface area contributed by atoms with Crippen molar-refractivity contribution in [1.82, 2.24) is 20.8 Å². The van der Waals surface area contributed by atoms with Crippen molar-refractivity contribution >= 4 is 46.0 Å². The molecule has 2 aromatic heterocycles. The minimum atomic E-state index is -0.418. The van der Waals surface area contributed by atoms with Gasteiger partial charge in [0.2, 0.25) is 0 Å². The van der Waals surface area contributed by atoms with Crippen molar-refractivity contribution in [3.05, 3.63) is 144 Å². The van der Waals surface area contributed by atoms with Crippen molar-refractivity contribution in [2.45, 2.75) is 0 Å². The van der Waals surface area contributed by atoms with Gasteiger partial charge in [-0.1, -0.05) is 84.9 Å². The molecular formula is C34H24N6O2. The molecule has 6 rings (SSSR count). The zero-order valence-electron chi connectivity index (χ0n) is 22.3. The zero-order valence-corrected chi connectivity index (χ0v) is 22.3. The van der Waals surface area contributed by atoms with Gasteiger partial charge in [-0.15, -0.1) is 0 Å². The largest absolute Gasteiger partial charge is 0.271 e. The molecule has 8 nitrogen and oxygen atoms in total. The van der Waals surface area contributed by atoms with Gasteiger partial charge in [0.05, 0.1) is 34.9 Å². The number of para-hydroxylation sites is 2. The second kappa shape index (κ2) is 12.0. The lowest BCUT2D eigenvalue weighted by molar-refractivity contribution is 0.0946. The Morgan fingerprint density at radius 2 is 0.905 bits per heavy atom. The molecule has 0 fully saturated rings. The maximum Gasteiger partial charge on any atom is 0.271 e. The Balaban J connectivity index is 1.19. The maximum absolute atomic E-state index is 13.2. The Bertz CT molecular complexity index is 1860. The third kappa shape index (κ3) is 5.78. The van der Waals surface area contributed by atoms with Gasteiger partial charge >= 0.3 is 0 Å². The lowest BCUT2D eigenvalue weighted by Crippen LogP contribution is -2.21. The summed E-state index contributed by atoms with van der Waals surface area (Å²) in [5.74, 6) is -0.837. The highest BCUT2D eigenvalue weighted by Gasteiger charge is 2.17. The van der Waals surface area contributed by atoms with Crippen LogP contribution in [-0.2, 0) is 0 Å². The summed E-state index contributed by atoms with van der Waals surface area (Å²) in [6, 6.07) is 37.2. The molecule has 0 unspecified atom stereocenters. The highest BCUT2D eigenvalue weighted by molar-refractivity contribution is 6.06. The third-order valence-corrected chi connectivity index (χ3v) is 6.60. The Hall–Kier alpha value is -6.02. The van der Waals surface area contributed by atoms with Crippen molar-refractivity contribution in [2.75, 3.05) is 0 Å². The summed E-state index contributed by atoms with van der Waals surface area (Å²) in [6.07, 6.45) is 2.99. The van der Waals surface area contributed by atoms with Crippen molar-refractivity contribution < 1.29 is 9.59 Å². The van der Waals surface area contributed by atoms with Crippen LogP contribution in [0.25, 0.3) is 32.9 Å². The number of amides is 2. The number of pyridine rings is 2. The van der Waals surface area contributed by atoms with Gasteiger partial charge in [0.25, 0.3) is 11.8 Å². The first-order valence-corrected chi connectivity index (χ1v) is 13.2. The summed E-state index contributed by atoms with van der Waals surface area (Å²) >= 11 is 0. The van der Waals surface area contributed by atoms with Crippen LogP contribution >= 0.6 is 0 Å². The number of hydrogen-bond donors (Lipinski definition) is 2. The van der Waals surface area contributed by atoms with E-state index in [0.29, 0.717) is 33.6 Å². The molecule has 0 saturated heterocycles. The van der Waals surface area contributed by atoms with E-state index in [-0.39, 0.29) is 0 Å². The van der Waals surface area contributed by atoms with Crippen molar-refractivity contribution in [3.63, 3.8) is 0 Å². The van der Waals surface area contributed by atoms with E-state index in [0.717, 1.165) is 21.8 Å². The van der Waals surface area contributed by atoms with Crippen LogP contribution in [0.3, 0.4) is 0 Å². The van der Waals surface area contributed by atoms with Gasteiger partial charge in [-0.3, -0.25) is 9.59 Å². The second-order valence-corrected chi connectivity index (χ2v) is 9.35. The van der Waals surface area contributed by atoms with E-state index in [1.165, 1.54) is 12.4 Å². The number of hydrazone groups is 2. The van der Waals surface area contributed by atoms with Crippen LogP contribution in [0.15, 0.2) is 132 Å². The van der Waals surface area contributed by atoms with Crippen LogP contribution in [0, 0.1) is 0 Å². The lowest BCUT2D eigenvalue weighted by Gasteiger charge is -2.12. The number of benzene rings is 4. The van der Waals surface area contributed by atoms with Gasteiger partial charge in [-0.05, 0) is 47.5 Å². The molecule has 2 amide bonds. The Labute approximate surface area is 241 Å². The number of carbonyl (C=O) groups excluding carboxylic acids is 2.